The average molecular weight is 362 g/mol. The largest absolute Gasteiger partial charge is 0.464 e. The van der Waals surface area contributed by atoms with E-state index in [1.165, 1.54) is 12.1 Å². The second-order valence-electron chi connectivity index (χ2n) is 7.03. The quantitative estimate of drug-likeness (QED) is 0.756. The summed E-state index contributed by atoms with van der Waals surface area (Å²) in [6.07, 6.45) is 4.50. The fourth-order valence-corrected chi connectivity index (χ4v) is 4.06. The number of carbonyl (C=O) groups excluding carboxylic acids is 2. The van der Waals surface area contributed by atoms with E-state index < -0.39 is 6.04 Å². The standard InChI is InChI=1S/C20H27FN2O3/c1-2-26-20(25)18-6-3-4-13-23(18)19(24)14-22-12-5-7-17(22)15-8-10-16(21)11-9-15/h8-11,17-18H,2-7,12-14H2,1H3/t17-,18+/m1/s1. The lowest BCUT2D eigenvalue weighted by molar-refractivity contribution is -0.157. The molecular formula is C20H27FN2O3. The number of hydrogen-bond donors (Lipinski definition) is 0. The predicted molar refractivity (Wildman–Crippen MR) is 95.9 cm³/mol. The third-order valence-corrected chi connectivity index (χ3v) is 5.34. The first-order valence-corrected chi connectivity index (χ1v) is 9.55. The number of likely N-dealkylation sites (tertiary alicyclic amines) is 2. The van der Waals surface area contributed by atoms with Crippen molar-refractivity contribution in [2.24, 2.45) is 0 Å². The van der Waals surface area contributed by atoms with Crippen LogP contribution in [0, 0.1) is 5.82 Å². The Hall–Kier alpha value is -1.95. The van der Waals surface area contributed by atoms with Gasteiger partial charge in [0, 0.05) is 12.6 Å². The Morgan fingerprint density at radius 3 is 2.62 bits per heavy atom. The summed E-state index contributed by atoms with van der Waals surface area (Å²) in [6, 6.07) is 6.20. The van der Waals surface area contributed by atoms with Gasteiger partial charge in [-0.2, -0.15) is 0 Å². The molecule has 2 aliphatic rings. The second-order valence-corrected chi connectivity index (χ2v) is 7.03. The third kappa shape index (κ3) is 4.23. The van der Waals surface area contributed by atoms with Gasteiger partial charge in [-0.15, -0.1) is 0 Å². The van der Waals surface area contributed by atoms with E-state index in [9.17, 15) is 14.0 Å². The molecule has 5 nitrogen and oxygen atoms in total. The lowest BCUT2D eigenvalue weighted by Gasteiger charge is -2.36. The van der Waals surface area contributed by atoms with Gasteiger partial charge in [0.15, 0.2) is 0 Å². The molecule has 0 N–H and O–H groups in total. The van der Waals surface area contributed by atoms with Crippen LogP contribution in [0.1, 0.15) is 50.6 Å². The fourth-order valence-electron chi connectivity index (χ4n) is 4.06. The molecule has 3 rings (SSSR count). The highest BCUT2D eigenvalue weighted by Crippen LogP contribution is 2.32. The van der Waals surface area contributed by atoms with Gasteiger partial charge >= 0.3 is 5.97 Å². The summed E-state index contributed by atoms with van der Waals surface area (Å²) in [5, 5.41) is 0. The molecule has 0 saturated carbocycles. The van der Waals surface area contributed by atoms with Gasteiger partial charge in [-0.3, -0.25) is 9.69 Å². The van der Waals surface area contributed by atoms with Gasteiger partial charge in [-0.05, 0) is 63.3 Å². The van der Waals surface area contributed by atoms with Gasteiger partial charge in [-0.1, -0.05) is 12.1 Å². The predicted octanol–water partition coefficient (Wildman–Crippen LogP) is 2.91. The maximum absolute atomic E-state index is 13.2. The Balaban J connectivity index is 1.67. The number of hydrogen-bond acceptors (Lipinski definition) is 4. The van der Waals surface area contributed by atoms with Gasteiger partial charge in [-0.25, -0.2) is 9.18 Å². The first-order chi connectivity index (χ1) is 12.6. The number of ether oxygens (including phenoxy) is 1. The number of halogens is 1. The first kappa shape index (κ1) is 18.8. The molecule has 0 bridgehead atoms. The molecule has 2 aliphatic heterocycles. The van der Waals surface area contributed by atoms with E-state index >= 15 is 0 Å². The zero-order chi connectivity index (χ0) is 18.5. The van der Waals surface area contributed by atoms with Crippen LogP contribution in [0.15, 0.2) is 24.3 Å². The maximum atomic E-state index is 13.2. The van der Waals surface area contributed by atoms with Crippen LogP contribution in [0.25, 0.3) is 0 Å². The molecule has 142 valence electrons. The van der Waals surface area contributed by atoms with Crippen molar-refractivity contribution < 1.29 is 18.7 Å². The first-order valence-electron chi connectivity index (χ1n) is 9.55. The average Bonchev–Trinajstić information content (AvgIpc) is 3.10. The van der Waals surface area contributed by atoms with Gasteiger partial charge in [0.05, 0.1) is 13.2 Å². The van der Waals surface area contributed by atoms with Gasteiger partial charge in [0.2, 0.25) is 5.91 Å². The molecule has 2 heterocycles. The van der Waals surface area contributed by atoms with Crippen molar-refractivity contribution in [2.45, 2.75) is 51.1 Å². The molecular weight excluding hydrogens is 335 g/mol. The Morgan fingerprint density at radius 2 is 1.88 bits per heavy atom. The summed E-state index contributed by atoms with van der Waals surface area (Å²) >= 11 is 0. The van der Waals surface area contributed by atoms with Crippen molar-refractivity contribution in [3.63, 3.8) is 0 Å². The highest BCUT2D eigenvalue weighted by atomic mass is 19.1. The van der Waals surface area contributed by atoms with Crippen molar-refractivity contribution >= 4 is 11.9 Å². The highest BCUT2D eigenvalue weighted by molar-refractivity contribution is 5.86. The monoisotopic (exact) mass is 362 g/mol. The minimum Gasteiger partial charge on any atom is -0.464 e. The van der Waals surface area contributed by atoms with Crippen molar-refractivity contribution in [2.75, 3.05) is 26.2 Å². The topological polar surface area (TPSA) is 49.9 Å². The molecule has 0 aromatic heterocycles. The molecule has 2 atom stereocenters. The van der Waals surface area contributed by atoms with Gasteiger partial charge in [0.1, 0.15) is 11.9 Å². The normalized spacial score (nSPS) is 23.8. The number of nitrogens with zero attached hydrogens (tertiary/aromatic N) is 2. The van der Waals surface area contributed by atoms with E-state index in [4.69, 9.17) is 4.74 Å². The van der Waals surface area contributed by atoms with Crippen LogP contribution in [-0.2, 0) is 14.3 Å². The summed E-state index contributed by atoms with van der Waals surface area (Å²) < 4.78 is 18.3. The van der Waals surface area contributed by atoms with Crippen molar-refractivity contribution in [3.05, 3.63) is 35.6 Å². The SMILES string of the molecule is CCOC(=O)[C@@H]1CCCCN1C(=O)CN1CCC[C@@H]1c1ccc(F)cc1. The van der Waals surface area contributed by atoms with E-state index in [1.54, 1.807) is 24.0 Å². The van der Waals surface area contributed by atoms with Crippen molar-refractivity contribution in [3.8, 4) is 0 Å². The lowest BCUT2D eigenvalue weighted by atomic mass is 10.0. The number of piperidine rings is 1. The summed E-state index contributed by atoms with van der Waals surface area (Å²) in [4.78, 5) is 29.0. The van der Waals surface area contributed by atoms with E-state index in [-0.39, 0.29) is 30.3 Å². The summed E-state index contributed by atoms with van der Waals surface area (Å²) in [7, 11) is 0. The molecule has 2 saturated heterocycles. The summed E-state index contributed by atoms with van der Waals surface area (Å²) in [6.45, 7) is 3.85. The van der Waals surface area contributed by atoms with E-state index in [2.05, 4.69) is 4.90 Å². The number of rotatable bonds is 5. The molecule has 0 spiro atoms. The maximum Gasteiger partial charge on any atom is 0.328 e. The van der Waals surface area contributed by atoms with Crippen LogP contribution < -0.4 is 0 Å². The van der Waals surface area contributed by atoms with Crippen LogP contribution in [0.2, 0.25) is 0 Å². The highest BCUT2D eigenvalue weighted by Gasteiger charge is 2.35. The molecule has 0 unspecified atom stereocenters. The van der Waals surface area contributed by atoms with E-state index in [0.717, 1.165) is 37.8 Å². The minimum atomic E-state index is -0.455. The molecule has 6 heteroatoms. The fraction of sp³-hybridized carbons (Fsp3) is 0.600. The minimum absolute atomic E-state index is 0.0169. The zero-order valence-corrected chi connectivity index (χ0v) is 15.3. The molecule has 1 aromatic rings. The number of carbonyl (C=O) groups is 2. The smallest absolute Gasteiger partial charge is 0.328 e. The lowest BCUT2D eigenvalue weighted by Crippen LogP contribution is -2.51. The summed E-state index contributed by atoms with van der Waals surface area (Å²) in [5.74, 6) is -0.561. The Labute approximate surface area is 154 Å². The van der Waals surface area contributed by atoms with Gasteiger partial charge in [0.25, 0.3) is 0 Å². The van der Waals surface area contributed by atoms with Gasteiger partial charge < -0.3 is 9.64 Å². The number of benzene rings is 1. The number of esters is 1. The summed E-state index contributed by atoms with van der Waals surface area (Å²) in [5.41, 5.74) is 1.04. The zero-order valence-electron chi connectivity index (χ0n) is 15.3. The molecule has 0 radical (unpaired) electrons. The van der Waals surface area contributed by atoms with E-state index in [0.29, 0.717) is 19.6 Å². The molecule has 2 fully saturated rings. The third-order valence-electron chi connectivity index (χ3n) is 5.34. The van der Waals surface area contributed by atoms with Crippen LogP contribution >= 0.6 is 0 Å². The van der Waals surface area contributed by atoms with Crippen LogP contribution in [0.4, 0.5) is 4.39 Å². The Morgan fingerprint density at radius 1 is 1.12 bits per heavy atom. The van der Waals surface area contributed by atoms with Crippen molar-refractivity contribution in [1.29, 1.82) is 0 Å². The van der Waals surface area contributed by atoms with Crippen LogP contribution in [-0.4, -0.2) is 54.0 Å². The number of amides is 1. The van der Waals surface area contributed by atoms with Crippen LogP contribution in [0.3, 0.4) is 0 Å². The molecule has 1 aromatic carbocycles. The molecule has 0 aliphatic carbocycles. The Bertz CT molecular complexity index is 634. The van der Waals surface area contributed by atoms with Crippen LogP contribution in [0.5, 0.6) is 0 Å². The molecule has 1 amide bonds. The second kappa shape index (κ2) is 8.62. The molecule has 26 heavy (non-hydrogen) atoms. The van der Waals surface area contributed by atoms with E-state index in [1.807, 2.05) is 0 Å². The Kier molecular flexibility index (Phi) is 6.25. The van der Waals surface area contributed by atoms with Crippen molar-refractivity contribution in [1.82, 2.24) is 9.80 Å².